The van der Waals surface area contributed by atoms with Crippen LogP contribution in [0, 0.1) is 6.92 Å². The van der Waals surface area contributed by atoms with Gasteiger partial charge in [0.2, 0.25) is 0 Å². The molecule has 4 nitrogen and oxygen atoms in total. The van der Waals surface area contributed by atoms with Gasteiger partial charge in [-0.05, 0) is 68.1 Å². The van der Waals surface area contributed by atoms with Crippen molar-refractivity contribution in [3.05, 3.63) is 59.2 Å². The first-order valence-electron chi connectivity index (χ1n) is 9.55. The number of rotatable bonds is 10. The van der Waals surface area contributed by atoms with Crippen LogP contribution >= 0.6 is 11.8 Å². The van der Waals surface area contributed by atoms with Crippen molar-refractivity contribution in [3.8, 4) is 5.75 Å². The van der Waals surface area contributed by atoms with Crippen LogP contribution in [0.2, 0.25) is 0 Å². The van der Waals surface area contributed by atoms with Gasteiger partial charge in [0, 0.05) is 10.6 Å². The largest absolute Gasteiger partial charge is 0.482 e. The number of hydrogen-bond donors (Lipinski definition) is 1. The molecule has 0 aliphatic carbocycles. The number of benzene rings is 2. The van der Waals surface area contributed by atoms with E-state index < -0.39 is 23.8 Å². The number of aryl methyl sites for hydroxylation is 2. The van der Waals surface area contributed by atoms with Gasteiger partial charge in [-0.15, -0.1) is 11.8 Å². The second-order valence-electron chi connectivity index (χ2n) is 6.72. The Morgan fingerprint density at radius 3 is 2.47 bits per heavy atom. The molecule has 2 rings (SSSR count). The molecule has 0 radical (unpaired) electrons. The second-order valence-corrected chi connectivity index (χ2v) is 7.81. The van der Waals surface area contributed by atoms with E-state index in [9.17, 15) is 23.1 Å². The van der Waals surface area contributed by atoms with Crippen molar-refractivity contribution in [2.45, 2.75) is 43.9 Å². The lowest BCUT2D eigenvalue weighted by atomic mass is 10.1. The number of carbonyl (C=O) groups excluding carboxylic acids is 1. The van der Waals surface area contributed by atoms with Crippen LogP contribution in [-0.4, -0.2) is 36.1 Å². The topological polar surface area (TPSA) is 55.8 Å². The van der Waals surface area contributed by atoms with Gasteiger partial charge in [-0.3, -0.25) is 0 Å². The van der Waals surface area contributed by atoms with Crippen LogP contribution in [-0.2, 0) is 22.1 Å². The lowest BCUT2D eigenvalue weighted by Crippen LogP contribution is -2.15. The Hall–Kier alpha value is -2.19. The van der Waals surface area contributed by atoms with Crippen molar-refractivity contribution in [1.82, 2.24) is 0 Å². The fourth-order valence-electron chi connectivity index (χ4n) is 2.68. The molecule has 0 saturated heterocycles. The minimum absolute atomic E-state index is 0.149. The van der Waals surface area contributed by atoms with Crippen molar-refractivity contribution < 1.29 is 32.5 Å². The van der Waals surface area contributed by atoms with Crippen LogP contribution in [0.4, 0.5) is 13.2 Å². The Bertz CT molecular complexity index is 822. The zero-order valence-electron chi connectivity index (χ0n) is 16.9. The molecule has 164 valence electrons. The maximum atomic E-state index is 12.6. The van der Waals surface area contributed by atoms with Crippen molar-refractivity contribution in [1.29, 1.82) is 0 Å². The van der Waals surface area contributed by atoms with Gasteiger partial charge in [0.15, 0.2) is 6.61 Å². The molecule has 0 aliphatic heterocycles. The van der Waals surface area contributed by atoms with E-state index in [0.717, 1.165) is 28.2 Å². The Morgan fingerprint density at radius 2 is 1.87 bits per heavy atom. The fourth-order valence-corrected chi connectivity index (χ4v) is 3.66. The summed E-state index contributed by atoms with van der Waals surface area (Å²) in [6.45, 7) is 3.75. The lowest BCUT2D eigenvalue weighted by molar-refractivity contribution is -0.145. The van der Waals surface area contributed by atoms with Crippen molar-refractivity contribution >= 4 is 17.7 Å². The second kappa shape index (κ2) is 11.3. The summed E-state index contributed by atoms with van der Waals surface area (Å²) in [6.07, 6.45) is -3.97. The van der Waals surface area contributed by atoms with Gasteiger partial charge >= 0.3 is 12.1 Å². The van der Waals surface area contributed by atoms with Crippen LogP contribution in [0.5, 0.6) is 5.75 Å². The van der Waals surface area contributed by atoms with E-state index in [0.29, 0.717) is 31.0 Å². The molecule has 0 bridgehead atoms. The summed E-state index contributed by atoms with van der Waals surface area (Å²) >= 11 is 1.48. The number of carbonyl (C=O) groups is 1. The van der Waals surface area contributed by atoms with Crippen LogP contribution in [0.15, 0.2) is 47.4 Å². The summed E-state index contributed by atoms with van der Waals surface area (Å²) in [5.74, 6) is 0.630. The van der Waals surface area contributed by atoms with E-state index in [4.69, 9.17) is 9.47 Å². The summed E-state index contributed by atoms with van der Waals surface area (Å²) in [5, 5.41) is 10.2. The SMILES string of the molecule is CCOC(=O)COc1ccc(SCC(O)CCc2ccc(C(F)(F)F)cc2)cc1C. The molecule has 0 aromatic heterocycles. The number of hydrogen-bond acceptors (Lipinski definition) is 5. The summed E-state index contributed by atoms with van der Waals surface area (Å²) < 4.78 is 48.0. The molecule has 0 spiro atoms. The average Bonchev–Trinajstić information content (AvgIpc) is 2.70. The van der Waals surface area contributed by atoms with Crippen LogP contribution in [0.3, 0.4) is 0 Å². The van der Waals surface area contributed by atoms with Crippen molar-refractivity contribution in [2.24, 2.45) is 0 Å². The van der Waals surface area contributed by atoms with Crippen molar-refractivity contribution in [2.75, 3.05) is 19.0 Å². The Labute approximate surface area is 178 Å². The third-order valence-corrected chi connectivity index (χ3v) is 5.43. The highest BCUT2D eigenvalue weighted by atomic mass is 32.2. The molecule has 1 unspecified atom stereocenters. The Morgan fingerprint density at radius 1 is 1.17 bits per heavy atom. The third kappa shape index (κ3) is 7.91. The first kappa shape index (κ1) is 24.1. The summed E-state index contributed by atoms with van der Waals surface area (Å²) in [5.41, 5.74) is 0.946. The molecule has 8 heteroatoms. The first-order chi connectivity index (χ1) is 14.2. The van der Waals surface area contributed by atoms with Crippen LogP contribution < -0.4 is 4.74 Å². The molecule has 2 aromatic carbocycles. The molecule has 0 amide bonds. The summed E-state index contributed by atoms with van der Waals surface area (Å²) in [7, 11) is 0. The minimum atomic E-state index is -4.34. The Kier molecular flexibility index (Phi) is 9.05. The molecule has 30 heavy (non-hydrogen) atoms. The zero-order chi connectivity index (χ0) is 22.1. The number of thioether (sulfide) groups is 1. The van der Waals surface area contributed by atoms with E-state index in [1.807, 2.05) is 19.1 Å². The van der Waals surface area contributed by atoms with E-state index in [-0.39, 0.29) is 6.61 Å². The molecular formula is C22H25F3O4S. The Balaban J connectivity index is 1.78. The smallest absolute Gasteiger partial charge is 0.416 e. The van der Waals surface area contributed by atoms with Gasteiger partial charge < -0.3 is 14.6 Å². The van der Waals surface area contributed by atoms with E-state index in [2.05, 4.69) is 0 Å². The maximum absolute atomic E-state index is 12.6. The first-order valence-corrected chi connectivity index (χ1v) is 10.5. The van der Waals surface area contributed by atoms with Crippen LogP contribution in [0.25, 0.3) is 0 Å². The minimum Gasteiger partial charge on any atom is -0.482 e. The van der Waals surface area contributed by atoms with Crippen molar-refractivity contribution in [3.63, 3.8) is 0 Å². The van der Waals surface area contributed by atoms with E-state index >= 15 is 0 Å². The third-order valence-electron chi connectivity index (χ3n) is 4.29. The molecule has 0 saturated carbocycles. The van der Waals surface area contributed by atoms with Gasteiger partial charge in [0.05, 0.1) is 18.3 Å². The predicted molar refractivity (Wildman–Crippen MR) is 110 cm³/mol. The van der Waals surface area contributed by atoms with Gasteiger partial charge in [-0.25, -0.2) is 4.79 Å². The lowest BCUT2D eigenvalue weighted by Gasteiger charge is -2.13. The van der Waals surface area contributed by atoms with Gasteiger partial charge in [0.1, 0.15) is 5.75 Å². The van der Waals surface area contributed by atoms with Gasteiger partial charge in [-0.1, -0.05) is 12.1 Å². The van der Waals surface area contributed by atoms with Gasteiger partial charge in [0.25, 0.3) is 0 Å². The average molecular weight is 442 g/mol. The molecular weight excluding hydrogens is 417 g/mol. The number of ether oxygens (including phenoxy) is 2. The maximum Gasteiger partial charge on any atom is 0.416 e. The highest BCUT2D eigenvalue weighted by Crippen LogP contribution is 2.29. The number of aliphatic hydroxyl groups excluding tert-OH is 1. The highest BCUT2D eigenvalue weighted by Gasteiger charge is 2.29. The number of halogens is 3. The zero-order valence-corrected chi connectivity index (χ0v) is 17.7. The normalized spacial score (nSPS) is 12.5. The molecule has 0 heterocycles. The number of aliphatic hydroxyl groups is 1. The fraction of sp³-hybridized carbons (Fsp3) is 0.409. The summed E-state index contributed by atoms with van der Waals surface area (Å²) in [4.78, 5) is 12.3. The highest BCUT2D eigenvalue weighted by molar-refractivity contribution is 7.99. The predicted octanol–water partition coefficient (Wildman–Crippen LogP) is 5.04. The standard InChI is InChI=1S/C22H25F3O4S/c1-3-28-21(27)13-29-20-11-10-19(12-15(20)2)30-14-18(26)9-6-16-4-7-17(8-5-16)22(23,24)25/h4-5,7-8,10-12,18,26H,3,6,9,13-14H2,1-2H3. The number of esters is 1. The molecule has 0 fully saturated rings. The van der Waals surface area contributed by atoms with E-state index in [1.165, 1.54) is 23.9 Å². The van der Waals surface area contributed by atoms with Gasteiger partial charge in [-0.2, -0.15) is 13.2 Å². The molecule has 2 aromatic rings. The molecule has 0 aliphatic rings. The monoisotopic (exact) mass is 442 g/mol. The molecule has 1 N–H and O–H groups in total. The quantitative estimate of drug-likeness (QED) is 0.413. The molecule has 1 atom stereocenters. The number of alkyl halides is 3. The van der Waals surface area contributed by atoms with Crippen LogP contribution in [0.1, 0.15) is 30.0 Å². The van der Waals surface area contributed by atoms with E-state index in [1.54, 1.807) is 13.0 Å². The summed E-state index contributed by atoms with van der Waals surface area (Å²) in [6, 6.07) is 10.5.